The van der Waals surface area contributed by atoms with E-state index in [1.165, 1.54) is 0 Å². The molecule has 0 saturated carbocycles. The first-order valence-electron chi connectivity index (χ1n) is 6.60. The van der Waals surface area contributed by atoms with Crippen molar-refractivity contribution in [2.45, 2.75) is 44.1 Å². The highest BCUT2D eigenvalue weighted by molar-refractivity contribution is 8.01. The molecule has 0 aliphatic carbocycles. The van der Waals surface area contributed by atoms with Crippen LogP contribution in [0.15, 0.2) is 0 Å². The second-order valence-corrected chi connectivity index (χ2v) is 7.69. The first kappa shape index (κ1) is 14.2. The SMILES string of the molecule is CC(C)(C)SCC(=O)N1CCC2(CC1)OCCO2. The van der Waals surface area contributed by atoms with Gasteiger partial charge in [-0.25, -0.2) is 0 Å². The first-order valence-corrected chi connectivity index (χ1v) is 7.58. The Labute approximate surface area is 113 Å². The van der Waals surface area contributed by atoms with Gasteiger partial charge in [-0.3, -0.25) is 4.79 Å². The Hall–Kier alpha value is -0.260. The third-order valence-corrected chi connectivity index (χ3v) is 4.58. The minimum absolute atomic E-state index is 0.143. The van der Waals surface area contributed by atoms with Crippen LogP contribution in [0.5, 0.6) is 0 Å². The zero-order valence-electron chi connectivity index (χ0n) is 11.5. The van der Waals surface area contributed by atoms with Crippen molar-refractivity contribution in [1.29, 1.82) is 0 Å². The highest BCUT2D eigenvalue weighted by Gasteiger charge is 2.40. The summed E-state index contributed by atoms with van der Waals surface area (Å²) in [6, 6.07) is 0. The predicted molar refractivity (Wildman–Crippen MR) is 72.7 cm³/mol. The zero-order chi connectivity index (χ0) is 13.2. The number of amides is 1. The molecule has 18 heavy (non-hydrogen) atoms. The monoisotopic (exact) mass is 273 g/mol. The number of piperidine rings is 1. The van der Waals surface area contributed by atoms with E-state index in [0.29, 0.717) is 19.0 Å². The fraction of sp³-hybridized carbons (Fsp3) is 0.923. The molecule has 0 radical (unpaired) electrons. The normalized spacial score (nSPS) is 23.6. The Balaban J connectivity index is 1.77. The predicted octanol–water partition coefficient (Wildman–Crippen LogP) is 1.88. The van der Waals surface area contributed by atoms with E-state index >= 15 is 0 Å². The molecule has 1 amide bonds. The lowest BCUT2D eigenvalue weighted by Gasteiger charge is -2.37. The van der Waals surface area contributed by atoms with Crippen molar-refractivity contribution in [1.82, 2.24) is 4.90 Å². The second-order valence-electron chi connectivity index (χ2n) is 5.89. The number of hydrogen-bond donors (Lipinski definition) is 0. The third-order valence-electron chi connectivity index (χ3n) is 3.32. The molecule has 2 saturated heterocycles. The summed E-state index contributed by atoms with van der Waals surface area (Å²) in [5.41, 5.74) is 0. The molecule has 0 bridgehead atoms. The van der Waals surface area contributed by atoms with E-state index in [1.54, 1.807) is 11.8 Å². The van der Waals surface area contributed by atoms with Gasteiger partial charge in [0.15, 0.2) is 5.79 Å². The van der Waals surface area contributed by atoms with Gasteiger partial charge in [0.25, 0.3) is 0 Å². The number of carbonyl (C=O) groups is 1. The van der Waals surface area contributed by atoms with E-state index in [2.05, 4.69) is 20.8 Å². The van der Waals surface area contributed by atoms with E-state index in [1.807, 2.05) is 4.90 Å². The largest absolute Gasteiger partial charge is 0.347 e. The Morgan fingerprint density at radius 1 is 1.22 bits per heavy atom. The lowest BCUT2D eigenvalue weighted by Crippen LogP contribution is -2.48. The Morgan fingerprint density at radius 2 is 1.78 bits per heavy atom. The van der Waals surface area contributed by atoms with Crippen LogP contribution in [0.2, 0.25) is 0 Å². The molecule has 0 atom stereocenters. The molecule has 0 aromatic carbocycles. The molecule has 2 heterocycles. The number of thioether (sulfide) groups is 1. The van der Waals surface area contributed by atoms with Crippen molar-refractivity contribution in [3.63, 3.8) is 0 Å². The summed E-state index contributed by atoms with van der Waals surface area (Å²) in [7, 11) is 0. The fourth-order valence-corrected chi connectivity index (χ4v) is 2.99. The highest BCUT2D eigenvalue weighted by Crippen LogP contribution is 2.32. The molecular formula is C13H23NO3S. The summed E-state index contributed by atoms with van der Waals surface area (Å²) >= 11 is 1.71. The first-order chi connectivity index (χ1) is 8.40. The maximum absolute atomic E-state index is 12.1. The van der Waals surface area contributed by atoms with Crippen LogP contribution in [0.3, 0.4) is 0 Å². The van der Waals surface area contributed by atoms with Crippen LogP contribution < -0.4 is 0 Å². The van der Waals surface area contributed by atoms with Crippen molar-refractivity contribution >= 4 is 17.7 Å². The van der Waals surface area contributed by atoms with Crippen LogP contribution in [0, 0.1) is 0 Å². The molecule has 0 aromatic heterocycles. The summed E-state index contributed by atoms with van der Waals surface area (Å²) in [5, 5.41) is 0. The summed E-state index contributed by atoms with van der Waals surface area (Å²) in [6.07, 6.45) is 1.61. The van der Waals surface area contributed by atoms with E-state index in [4.69, 9.17) is 9.47 Å². The minimum atomic E-state index is -0.381. The molecule has 104 valence electrons. The number of carbonyl (C=O) groups excluding carboxylic acids is 1. The van der Waals surface area contributed by atoms with Gasteiger partial charge >= 0.3 is 0 Å². The molecule has 2 aliphatic rings. The quantitative estimate of drug-likeness (QED) is 0.770. The minimum Gasteiger partial charge on any atom is -0.347 e. The van der Waals surface area contributed by atoms with Gasteiger partial charge in [-0.05, 0) is 0 Å². The molecule has 5 heteroatoms. The molecule has 2 fully saturated rings. The Bertz CT molecular complexity index is 298. The van der Waals surface area contributed by atoms with Crippen LogP contribution in [-0.2, 0) is 14.3 Å². The van der Waals surface area contributed by atoms with Crippen molar-refractivity contribution in [3.8, 4) is 0 Å². The average molecular weight is 273 g/mol. The Morgan fingerprint density at radius 3 is 2.28 bits per heavy atom. The summed E-state index contributed by atoms with van der Waals surface area (Å²) in [6.45, 7) is 9.29. The highest BCUT2D eigenvalue weighted by atomic mass is 32.2. The average Bonchev–Trinajstić information content (AvgIpc) is 2.75. The lowest BCUT2D eigenvalue weighted by molar-refractivity contribution is -0.186. The van der Waals surface area contributed by atoms with Crippen molar-refractivity contribution < 1.29 is 14.3 Å². The Kier molecular flexibility index (Phi) is 4.24. The smallest absolute Gasteiger partial charge is 0.232 e. The van der Waals surface area contributed by atoms with E-state index in [-0.39, 0.29) is 16.4 Å². The molecule has 0 N–H and O–H groups in total. The second kappa shape index (κ2) is 5.39. The fourth-order valence-electron chi connectivity index (χ4n) is 2.25. The van der Waals surface area contributed by atoms with Gasteiger partial charge in [0.2, 0.25) is 5.91 Å². The molecule has 2 aliphatic heterocycles. The van der Waals surface area contributed by atoms with Gasteiger partial charge in [0.05, 0.1) is 19.0 Å². The standard InChI is InChI=1S/C13H23NO3S/c1-12(2,3)18-10-11(15)14-6-4-13(5-7-14)16-8-9-17-13/h4-10H2,1-3H3. The van der Waals surface area contributed by atoms with Crippen molar-refractivity contribution in [3.05, 3.63) is 0 Å². The number of likely N-dealkylation sites (tertiary alicyclic amines) is 1. The number of nitrogens with zero attached hydrogens (tertiary/aromatic N) is 1. The van der Waals surface area contributed by atoms with Crippen molar-refractivity contribution in [2.24, 2.45) is 0 Å². The number of ether oxygens (including phenoxy) is 2. The maximum Gasteiger partial charge on any atom is 0.232 e. The van der Waals surface area contributed by atoms with Crippen LogP contribution in [-0.4, -0.2) is 53.4 Å². The van der Waals surface area contributed by atoms with Crippen LogP contribution >= 0.6 is 11.8 Å². The van der Waals surface area contributed by atoms with Gasteiger partial charge in [-0.2, -0.15) is 0 Å². The zero-order valence-corrected chi connectivity index (χ0v) is 12.3. The summed E-state index contributed by atoms with van der Waals surface area (Å²) < 4.78 is 11.5. The third kappa shape index (κ3) is 3.62. The topological polar surface area (TPSA) is 38.8 Å². The van der Waals surface area contributed by atoms with Crippen molar-refractivity contribution in [2.75, 3.05) is 32.1 Å². The molecule has 4 nitrogen and oxygen atoms in total. The van der Waals surface area contributed by atoms with Gasteiger partial charge in [0, 0.05) is 30.7 Å². The molecular weight excluding hydrogens is 250 g/mol. The molecule has 0 aromatic rings. The molecule has 1 spiro atoms. The number of hydrogen-bond acceptors (Lipinski definition) is 4. The number of rotatable bonds is 2. The van der Waals surface area contributed by atoms with Crippen LogP contribution in [0.25, 0.3) is 0 Å². The maximum atomic E-state index is 12.1. The van der Waals surface area contributed by atoms with Gasteiger partial charge < -0.3 is 14.4 Å². The summed E-state index contributed by atoms with van der Waals surface area (Å²) in [4.78, 5) is 14.0. The molecule has 2 rings (SSSR count). The lowest BCUT2D eigenvalue weighted by atomic mass is 10.0. The van der Waals surface area contributed by atoms with E-state index < -0.39 is 0 Å². The summed E-state index contributed by atoms with van der Waals surface area (Å²) in [5.74, 6) is 0.425. The van der Waals surface area contributed by atoms with Gasteiger partial charge in [0.1, 0.15) is 0 Å². The van der Waals surface area contributed by atoms with Crippen LogP contribution in [0.4, 0.5) is 0 Å². The van der Waals surface area contributed by atoms with E-state index in [0.717, 1.165) is 25.9 Å². The molecule has 0 unspecified atom stereocenters. The van der Waals surface area contributed by atoms with E-state index in [9.17, 15) is 4.79 Å². The van der Waals surface area contributed by atoms with Gasteiger partial charge in [-0.15, -0.1) is 11.8 Å². The van der Waals surface area contributed by atoms with Gasteiger partial charge in [-0.1, -0.05) is 20.8 Å². The van der Waals surface area contributed by atoms with Crippen LogP contribution in [0.1, 0.15) is 33.6 Å².